The zero-order chi connectivity index (χ0) is 23.4. The Labute approximate surface area is 187 Å². The first-order chi connectivity index (χ1) is 15.9. The summed E-state index contributed by atoms with van der Waals surface area (Å²) in [6, 6.07) is 18.0. The molecular weight excluding hydrogens is 428 g/mol. The predicted octanol–water partition coefficient (Wildman–Crippen LogP) is 4.14. The average molecular weight is 446 g/mol. The number of aryl methyl sites for hydroxylation is 1. The summed E-state index contributed by atoms with van der Waals surface area (Å²) in [6.07, 6.45) is 1.50. The molecule has 1 N–H and O–H groups in total. The Balaban J connectivity index is 1.49. The lowest BCUT2D eigenvalue weighted by Crippen LogP contribution is -2.22. The molecule has 0 atom stereocenters. The van der Waals surface area contributed by atoms with Crippen LogP contribution >= 0.6 is 0 Å². The number of nitro groups is 1. The highest BCUT2D eigenvalue weighted by atomic mass is 16.6. The number of amides is 1. The zero-order valence-corrected chi connectivity index (χ0v) is 17.4. The molecule has 10 nitrogen and oxygen atoms in total. The number of hydrogen-bond acceptors (Lipinski definition) is 7. The highest BCUT2D eigenvalue weighted by Gasteiger charge is 2.21. The molecule has 2 aromatic carbocycles. The predicted molar refractivity (Wildman–Crippen MR) is 118 cm³/mol. The van der Waals surface area contributed by atoms with Crippen LogP contribution in [0.4, 0.5) is 11.4 Å². The number of hydrogen-bond donors (Lipinski definition) is 1. The van der Waals surface area contributed by atoms with Crippen molar-refractivity contribution in [2.75, 3.05) is 11.9 Å². The van der Waals surface area contributed by atoms with Crippen LogP contribution in [0.5, 0.6) is 0 Å². The van der Waals surface area contributed by atoms with Crippen molar-refractivity contribution in [3.63, 3.8) is 0 Å². The maximum absolute atomic E-state index is 12.8. The van der Waals surface area contributed by atoms with Gasteiger partial charge in [-0.3, -0.25) is 14.9 Å². The van der Waals surface area contributed by atoms with Crippen molar-refractivity contribution in [1.29, 1.82) is 0 Å². The Bertz CT molecular complexity index is 1310. The number of ether oxygens (including phenoxy) is 1. The van der Waals surface area contributed by atoms with Crippen molar-refractivity contribution in [2.45, 2.75) is 6.92 Å². The van der Waals surface area contributed by atoms with Crippen molar-refractivity contribution in [1.82, 2.24) is 9.78 Å². The van der Waals surface area contributed by atoms with Crippen molar-refractivity contribution in [2.24, 2.45) is 0 Å². The van der Waals surface area contributed by atoms with Crippen LogP contribution in [0.15, 0.2) is 77.4 Å². The molecule has 4 aromatic rings. The monoisotopic (exact) mass is 446 g/mol. The standard InChI is InChI=1S/C23H18N4O6/c1-15-12-17(27(30)31)9-10-18(15)24-22(28)14-33-23(29)20-13-19(21-8-5-11-32-21)25-26(20)16-6-3-2-4-7-16/h2-13H,14H2,1H3,(H,24,28). The van der Waals surface area contributed by atoms with Crippen LogP contribution in [0.1, 0.15) is 16.1 Å². The second-order valence-electron chi connectivity index (χ2n) is 7.02. The molecule has 0 aliphatic heterocycles. The number of nitrogens with zero attached hydrogens (tertiary/aromatic N) is 3. The number of nitrogens with one attached hydrogen (secondary N) is 1. The minimum atomic E-state index is -0.750. The molecule has 0 aliphatic carbocycles. The quantitative estimate of drug-likeness (QED) is 0.256. The highest BCUT2D eigenvalue weighted by molar-refractivity contribution is 5.96. The fraction of sp³-hybridized carbons (Fsp3) is 0.0870. The Morgan fingerprint density at radius 2 is 1.91 bits per heavy atom. The first-order valence-corrected chi connectivity index (χ1v) is 9.84. The van der Waals surface area contributed by atoms with Crippen molar-refractivity contribution in [3.05, 3.63) is 94.4 Å². The van der Waals surface area contributed by atoms with E-state index in [1.807, 2.05) is 6.07 Å². The molecule has 1 amide bonds. The molecule has 0 bridgehead atoms. The lowest BCUT2D eigenvalue weighted by molar-refractivity contribution is -0.384. The van der Waals surface area contributed by atoms with Crippen LogP contribution in [0.25, 0.3) is 17.1 Å². The van der Waals surface area contributed by atoms with E-state index < -0.39 is 23.4 Å². The van der Waals surface area contributed by atoms with Gasteiger partial charge in [-0.1, -0.05) is 18.2 Å². The molecule has 33 heavy (non-hydrogen) atoms. The molecule has 0 saturated heterocycles. The first-order valence-electron chi connectivity index (χ1n) is 9.84. The van der Waals surface area contributed by atoms with Crippen LogP contribution in [-0.2, 0) is 9.53 Å². The smallest absolute Gasteiger partial charge is 0.357 e. The van der Waals surface area contributed by atoms with E-state index in [1.165, 1.54) is 35.2 Å². The first kappa shape index (κ1) is 21.5. The molecule has 0 radical (unpaired) electrons. The molecule has 4 rings (SSSR count). The number of furan rings is 1. The number of carbonyl (C=O) groups is 2. The molecule has 2 heterocycles. The molecule has 166 valence electrons. The fourth-order valence-corrected chi connectivity index (χ4v) is 3.13. The topological polar surface area (TPSA) is 130 Å². The van der Waals surface area contributed by atoms with E-state index in [4.69, 9.17) is 9.15 Å². The zero-order valence-electron chi connectivity index (χ0n) is 17.4. The highest BCUT2D eigenvalue weighted by Crippen LogP contribution is 2.23. The summed E-state index contributed by atoms with van der Waals surface area (Å²) in [5.41, 5.74) is 1.99. The lowest BCUT2D eigenvalue weighted by atomic mass is 10.2. The summed E-state index contributed by atoms with van der Waals surface area (Å²) in [6.45, 7) is 1.08. The Morgan fingerprint density at radius 3 is 2.58 bits per heavy atom. The van der Waals surface area contributed by atoms with Gasteiger partial charge in [0, 0.05) is 23.9 Å². The largest absolute Gasteiger partial charge is 0.463 e. The third kappa shape index (κ3) is 4.79. The molecule has 0 saturated carbocycles. The normalized spacial score (nSPS) is 10.6. The number of esters is 1. The number of aromatic nitrogens is 2. The van der Waals surface area contributed by atoms with Gasteiger partial charge in [-0.05, 0) is 42.8 Å². The van der Waals surface area contributed by atoms with E-state index >= 15 is 0 Å². The van der Waals surface area contributed by atoms with Gasteiger partial charge >= 0.3 is 5.97 Å². The molecule has 0 spiro atoms. The summed E-state index contributed by atoms with van der Waals surface area (Å²) >= 11 is 0. The van der Waals surface area contributed by atoms with Gasteiger partial charge in [-0.2, -0.15) is 5.10 Å². The van der Waals surface area contributed by atoms with Gasteiger partial charge in [-0.25, -0.2) is 9.48 Å². The van der Waals surface area contributed by atoms with E-state index in [1.54, 1.807) is 43.3 Å². The summed E-state index contributed by atoms with van der Waals surface area (Å²) in [5.74, 6) is -0.859. The Hall–Kier alpha value is -4.73. The molecular formula is C23H18N4O6. The van der Waals surface area contributed by atoms with Gasteiger partial charge in [-0.15, -0.1) is 0 Å². The van der Waals surface area contributed by atoms with Gasteiger partial charge in [0.05, 0.1) is 16.9 Å². The second kappa shape index (κ2) is 9.18. The van der Waals surface area contributed by atoms with Gasteiger partial charge < -0.3 is 14.5 Å². The van der Waals surface area contributed by atoms with Crippen molar-refractivity contribution in [3.8, 4) is 17.1 Å². The number of anilines is 1. The average Bonchev–Trinajstić information content (AvgIpc) is 3.49. The number of para-hydroxylation sites is 1. The SMILES string of the molecule is Cc1cc([N+](=O)[O-])ccc1NC(=O)COC(=O)c1cc(-c2ccco2)nn1-c1ccccc1. The number of carbonyl (C=O) groups excluding carboxylic acids is 2. The summed E-state index contributed by atoms with van der Waals surface area (Å²) < 4.78 is 12.0. The van der Waals surface area contributed by atoms with E-state index in [2.05, 4.69) is 10.4 Å². The number of nitro benzene ring substituents is 1. The van der Waals surface area contributed by atoms with E-state index in [0.717, 1.165) is 0 Å². The minimum absolute atomic E-state index is 0.0848. The number of rotatable bonds is 7. The fourth-order valence-electron chi connectivity index (χ4n) is 3.13. The lowest BCUT2D eigenvalue weighted by Gasteiger charge is -2.10. The van der Waals surface area contributed by atoms with E-state index in [9.17, 15) is 19.7 Å². The van der Waals surface area contributed by atoms with Crippen molar-refractivity contribution < 1.29 is 23.7 Å². The molecule has 10 heteroatoms. The summed E-state index contributed by atoms with van der Waals surface area (Å²) in [5, 5.41) is 17.9. The van der Waals surface area contributed by atoms with Gasteiger partial charge in [0.15, 0.2) is 18.1 Å². The van der Waals surface area contributed by atoms with Crippen molar-refractivity contribution >= 4 is 23.3 Å². The van der Waals surface area contributed by atoms with E-state index in [0.29, 0.717) is 28.4 Å². The third-order valence-corrected chi connectivity index (χ3v) is 4.72. The number of non-ortho nitro benzene ring substituents is 1. The summed E-state index contributed by atoms with van der Waals surface area (Å²) in [7, 11) is 0. The second-order valence-corrected chi connectivity index (χ2v) is 7.02. The molecule has 0 unspecified atom stereocenters. The Kier molecular flexibility index (Phi) is 5.98. The van der Waals surface area contributed by atoms with Gasteiger partial charge in [0.1, 0.15) is 5.69 Å². The van der Waals surface area contributed by atoms with Gasteiger partial charge in [0.25, 0.3) is 11.6 Å². The van der Waals surface area contributed by atoms with Gasteiger partial charge in [0.2, 0.25) is 0 Å². The number of benzene rings is 2. The van der Waals surface area contributed by atoms with Crippen LogP contribution < -0.4 is 5.32 Å². The molecule has 0 fully saturated rings. The van der Waals surface area contributed by atoms with Crippen LogP contribution in [0, 0.1) is 17.0 Å². The maximum atomic E-state index is 12.8. The van der Waals surface area contributed by atoms with E-state index in [-0.39, 0.29) is 11.4 Å². The third-order valence-electron chi connectivity index (χ3n) is 4.72. The van der Waals surface area contributed by atoms with Crippen LogP contribution in [0.2, 0.25) is 0 Å². The van der Waals surface area contributed by atoms with Crippen LogP contribution in [-0.4, -0.2) is 33.2 Å². The molecule has 2 aromatic heterocycles. The maximum Gasteiger partial charge on any atom is 0.357 e. The minimum Gasteiger partial charge on any atom is -0.463 e. The molecule has 0 aliphatic rings. The van der Waals surface area contributed by atoms with Crippen LogP contribution in [0.3, 0.4) is 0 Å². The Morgan fingerprint density at radius 1 is 1.12 bits per heavy atom. The summed E-state index contributed by atoms with van der Waals surface area (Å²) in [4.78, 5) is 35.4.